The molecule has 68 valence electrons. The Kier molecular flexibility index (Phi) is 8.47. The average Bonchev–Trinajstić information content (AvgIpc) is 2.07. The van der Waals surface area contributed by atoms with Crippen molar-refractivity contribution in [3.8, 4) is 0 Å². The van der Waals surface area contributed by atoms with E-state index in [1.165, 1.54) is 20.8 Å². The van der Waals surface area contributed by atoms with Crippen LogP contribution >= 0.6 is 0 Å². The van der Waals surface area contributed by atoms with Crippen LogP contribution in [0.3, 0.4) is 0 Å². The molecule has 0 aliphatic heterocycles. The van der Waals surface area contributed by atoms with Gasteiger partial charge in [-0.05, 0) is 0 Å². The standard InChI is InChI=1S/C8H20As2O/c1-5-9(6-2)11-10(7-3)8-4/h5-8H2,1-4H3. The minimum absolute atomic E-state index is 0.784. The molecule has 0 saturated carbocycles. The number of hydrogen-bond donors (Lipinski definition) is 0. The predicted molar refractivity (Wildman–Crippen MR) is 54.5 cm³/mol. The van der Waals surface area contributed by atoms with Crippen molar-refractivity contribution in [3.63, 3.8) is 0 Å². The van der Waals surface area contributed by atoms with Gasteiger partial charge in [0.2, 0.25) is 0 Å². The fourth-order valence-corrected chi connectivity index (χ4v) is 13.0. The first-order chi connectivity index (χ1) is 5.28. The molecule has 0 aromatic carbocycles. The SMILES string of the molecule is CC[As](CC)O[As](CC)CC. The molecule has 0 aliphatic rings. The van der Waals surface area contributed by atoms with Gasteiger partial charge in [-0.1, -0.05) is 0 Å². The molecule has 0 heterocycles. The van der Waals surface area contributed by atoms with Crippen LogP contribution < -0.4 is 0 Å². The molecule has 0 amide bonds. The monoisotopic (exact) mass is 282 g/mol. The van der Waals surface area contributed by atoms with Crippen LogP contribution in [0.4, 0.5) is 0 Å². The molecule has 0 aliphatic carbocycles. The van der Waals surface area contributed by atoms with Crippen molar-refractivity contribution in [3.05, 3.63) is 0 Å². The van der Waals surface area contributed by atoms with Crippen LogP contribution in [-0.2, 0) is 2.72 Å². The maximum absolute atomic E-state index is 6.14. The summed E-state index contributed by atoms with van der Waals surface area (Å²) in [5.74, 6) is 0. The summed E-state index contributed by atoms with van der Waals surface area (Å²) < 4.78 is 6.14. The summed E-state index contributed by atoms with van der Waals surface area (Å²) in [6, 6.07) is 0. The first-order valence-electron chi connectivity index (χ1n) is 4.46. The van der Waals surface area contributed by atoms with Gasteiger partial charge in [-0.2, -0.15) is 0 Å². The number of rotatable bonds is 6. The van der Waals surface area contributed by atoms with Crippen molar-refractivity contribution in [2.75, 3.05) is 0 Å². The Labute approximate surface area is 81.1 Å². The summed E-state index contributed by atoms with van der Waals surface area (Å²) >= 11 is -1.57. The fraction of sp³-hybridized carbons (Fsp3) is 1.00. The van der Waals surface area contributed by atoms with E-state index < -0.39 is 30.0 Å². The summed E-state index contributed by atoms with van der Waals surface area (Å²) in [5, 5.41) is 5.31. The Balaban J connectivity index is 3.58. The van der Waals surface area contributed by atoms with Crippen LogP contribution in [0.5, 0.6) is 0 Å². The van der Waals surface area contributed by atoms with Crippen molar-refractivity contribution in [1.82, 2.24) is 0 Å². The third-order valence-electron chi connectivity index (χ3n) is 1.64. The maximum atomic E-state index is 6.14. The quantitative estimate of drug-likeness (QED) is 0.680. The Morgan fingerprint density at radius 3 is 1.18 bits per heavy atom. The zero-order valence-corrected chi connectivity index (χ0v) is 11.9. The summed E-state index contributed by atoms with van der Waals surface area (Å²) in [6.07, 6.45) is 0. The van der Waals surface area contributed by atoms with E-state index in [9.17, 15) is 0 Å². The normalized spacial score (nSPS) is 11.5. The fourth-order valence-electron chi connectivity index (χ4n) is 0.841. The molecule has 0 unspecified atom stereocenters. The van der Waals surface area contributed by atoms with Crippen molar-refractivity contribution < 1.29 is 2.72 Å². The Morgan fingerprint density at radius 2 is 1.00 bits per heavy atom. The van der Waals surface area contributed by atoms with Gasteiger partial charge in [0.25, 0.3) is 0 Å². The second kappa shape index (κ2) is 7.71. The van der Waals surface area contributed by atoms with Gasteiger partial charge in [0.15, 0.2) is 0 Å². The topological polar surface area (TPSA) is 9.23 Å². The van der Waals surface area contributed by atoms with Crippen molar-refractivity contribution in [2.45, 2.75) is 48.5 Å². The summed E-state index contributed by atoms with van der Waals surface area (Å²) in [4.78, 5) is 0. The molecular weight excluding hydrogens is 262 g/mol. The van der Waals surface area contributed by atoms with Gasteiger partial charge in [0.05, 0.1) is 0 Å². The van der Waals surface area contributed by atoms with Crippen molar-refractivity contribution >= 4 is 30.0 Å². The number of hydrogen-bond acceptors (Lipinski definition) is 1. The summed E-state index contributed by atoms with van der Waals surface area (Å²) in [5.41, 5.74) is 0. The van der Waals surface area contributed by atoms with Gasteiger partial charge in [-0.25, -0.2) is 0 Å². The van der Waals surface area contributed by atoms with E-state index in [0.717, 1.165) is 0 Å². The van der Waals surface area contributed by atoms with Gasteiger partial charge in [-0.3, -0.25) is 0 Å². The molecule has 0 fully saturated rings. The second-order valence-electron chi connectivity index (χ2n) is 2.31. The molecule has 0 aromatic rings. The zero-order valence-electron chi connectivity index (χ0n) is 8.13. The molecule has 0 radical (unpaired) electrons. The second-order valence-corrected chi connectivity index (χ2v) is 13.8. The predicted octanol–water partition coefficient (Wildman–Crippen LogP) is 3.07. The molecular formula is C8H20As2O. The zero-order chi connectivity index (χ0) is 8.69. The Bertz CT molecular complexity index is 70.2. The van der Waals surface area contributed by atoms with Crippen LogP contribution in [0.2, 0.25) is 20.8 Å². The molecule has 0 N–H and O–H groups in total. The van der Waals surface area contributed by atoms with Crippen LogP contribution in [0, 0.1) is 0 Å². The molecule has 11 heavy (non-hydrogen) atoms. The molecule has 0 saturated heterocycles. The Morgan fingerprint density at radius 1 is 0.727 bits per heavy atom. The molecule has 0 spiro atoms. The molecule has 1 nitrogen and oxygen atoms in total. The average molecular weight is 282 g/mol. The molecule has 0 aromatic heterocycles. The first-order valence-corrected chi connectivity index (χ1v) is 11.3. The third-order valence-corrected chi connectivity index (χ3v) is 13.6. The van der Waals surface area contributed by atoms with Gasteiger partial charge in [-0.15, -0.1) is 0 Å². The summed E-state index contributed by atoms with van der Waals surface area (Å²) in [7, 11) is 0. The van der Waals surface area contributed by atoms with E-state index in [2.05, 4.69) is 27.7 Å². The van der Waals surface area contributed by atoms with Gasteiger partial charge < -0.3 is 0 Å². The van der Waals surface area contributed by atoms with E-state index >= 15 is 0 Å². The molecule has 3 heteroatoms. The van der Waals surface area contributed by atoms with Gasteiger partial charge >= 0.3 is 81.2 Å². The van der Waals surface area contributed by atoms with Gasteiger partial charge in [0, 0.05) is 0 Å². The van der Waals surface area contributed by atoms with E-state index in [1.54, 1.807) is 0 Å². The van der Waals surface area contributed by atoms with E-state index in [1.807, 2.05) is 0 Å². The van der Waals surface area contributed by atoms with Gasteiger partial charge in [0.1, 0.15) is 0 Å². The molecule has 0 bridgehead atoms. The van der Waals surface area contributed by atoms with E-state index in [-0.39, 0.29) is 0 Å². The third kappa shape index (κ3) is 5.34. The van der Waals surface area contributed by atoms with Crippen LogP contribution in [0.25, 0.3) is 0 Å². The molecule has 0 atom stereocenters. The van der Waals surface area contributed by atoms with E-state index in [0.29, 0.717) is 0 Å². The first kappa shape index (κ1) is 12.1. The summed E-state index contributed by atoms with van der Waals surface area (Å²) in [6.45, 7) is 9.12. The van der Waals surface area contributed by atoms with Crippen LogP contribution in [0.15, 0.2) is 0 Å². The minimum atomic E-state index is -0.784. The molecule has 0 rings (SSSR count). The van der Waals surface area contributed by atoms with Crippen LogP contribution in [0.1, 0.15) is 27.7 Å². The van der Waals surface area contributed by atoms with Crippen molar-refractivity contribution in [1.29, 1.82) is 0 Å². The van der Waals surface area contributed by atoms with Crippen LogP contribution in [-0.4, -0.2) is 30.0 Å². The Hall–Kier alpha value is 1.08. The van der Waals surface area contributed by atoms with Crippen molar-refractivity contribution in [2.24, 2.45) is 0 Å². The van der Waals surface area contributed by atoms with E-state index in [4.69, 9.17) is 2.72 Å².